The molecule has 6 heteroatoms. The molecule has 1 fully saturated rings. The van der Waals surface area contributed by atoms with Gasteiger partial charge < -0.3 is 16.0 Å². The molecule has 2 aliphatic rings. The zero-order chi connectivity index (χ0) is 22.0. The second-order valence-corrected chi connectivity index (χ2v) is 7.62. The highest BCUT2D eigenvalue weighted by atomic mass is 19.1. The van der Waals surface area contributed by atoms with Crippen molar-refractivity contribution in [1.82, 2.24) is 4.90 Å². The lowest BCUT2D eigenvalue weighted by atomic mass is 9.94. The van der Waals surface area contributed by atoms with E-state index < -0.39 is 0 Å². The fraction of sp³-hybridized carbons (Fsp3) is 0.200. The van der Waals surface area contributed by atoms with Crippen LogP contribution in [0.2, 0.25) is 0 Å². The molecule has 3 N–H and O–H groups in total. The van der Waals surface area contributed by atoms with Crippen molar-refractivity contribution in [3.8, 4) is 11.1 Å². The molecule has 4 rings (SSSR count). The number of rotatable bonds is 4. The number of hydrogen-bond acceptors (Lipinski definition) is 3. The van der Waals surface area contributed by atoms with E-state index in [1.54, 1.807) is 41.3 Å². The van der Waals surface area contributed by atoms with Crippen molar-refractivity contribution in [2.24, 2.45) is 5.73 Å². The first-order chi connectivity index (χ1) is 15.0. The zero-order valence-electron chi connectivity index (χ0n) is 17.3. The summed E-state index contributed by atoms with van der Waals surface area (Å²) in [6.45, 7) is 3.23. The molecule has 31 heavy (non-hydrogen) atoms. The van der Waals surface area contributed by atoms with E-state index in [4.69, 9.17) is 5.73 Å². The van der Waals surface area contributed by atoms with Crippen molar-refractivity contribution < 1.29 is 14.0 Å². The van der Waals surface area contributed by atoms with Crippen LogP contribution in [0, 0.1) is 5.82 Å². The van der Waals surface area contributed by atoms with Gasteiger partial charge in [0.1, 0.15) is 5.82 Å². The van der Waals surface area contributed by atoms with Gasteiger partial charge in [0.15, 0.2) is 0 Å². The summed E-state index contributed by atoms with van der Waals surface area (Å²) in [4.78, 5) is 27.5. The summed E-state index contributed by atoms with van der Waals surface area (Å²) in [5.74, 6) is -0.804. The van der Waals surface area contributed by atoms with Crippen LogP contribution in [0.3, 0.4) is 0 Å². The monoisotopic (exact) mass is 417 g/mol. The Morgan fingerprint density at radius 3 is 2.61 bits per heavy atom. The number of fused-ring (bicyclic) bond motifs is 1. The number of benzene rings is 2. The Hall–Kier alpha value is -3.67. The Bertz CT molecular complexity index is 1140. The minimum absolute atomic E-state index is 0.137. The summed E-state index contributed by atoms with van der Waals surface area (Å²) in [5.41, 5.74) is 9.93. The number of hydrogen-bond donors (Lipinski definition) is 2. The number of halogens is 1. The van der Waals surface area contributed by atoms with Crippen LogP contribution in [0.4, 0.5) is 10.1 Å². The summed E-state index contributed by atoms with van der Waals surface area (Å²) < 4.78 is 13.8. The van der Waals surface area contributed by atoms with E-state index >= 15 is 0 Å². The van der Waals surface area contributed by atoms with Gasteiger partial charge in [-0.2, -0.15) is 0 Å². The first kappa shape index (κ1) is 20.6. The molecule has 1 saturated heterocycles. The Balaban J connectivity index is 1.83. The summed E-state index contributed by atoms with van der Waals surface area (Å²) in [7, 11) is 0. The number of nitrogens with zero attached hydrogens (tertiary/aromatic N) is 1. The summed E-state index contributed by atoms with van der Waals surface area (Å²) >= 11 is 0. The van der Waals surface area contributed by atoms with Crippen molar-refractivity contribution in [2.75, 3.05) is 18.4 Å². The average molecular weight is 417 g/mol. The predicted octanol–water partition coefficient (Wildman–Crippen LogP) is 4.24. The van der Waals surface area contributed by atoms with E-state index in [1.807, 2.05) is 19.1 Å². The van der Waals surface area contributed by atoms with Crippen molar-refractivity contribution in [3.05, 3.63) is 83.3 Å². The lowest BCUT2D eigenvalue weighted by molar-refractivity contribution is -0.125. The van der Waals surface area contributed by atoms with Gasteiger partial charge >= 0.3 is 0 Å². The lowest BCUT2D eigenvalue weighted by Crippen LogP contribution is -2.30. The van der Waals surface area contributed by atoms with Gasteiger partial charge in [0.05, 0.1) is 11.1 Å². The Morgan fingerprint density at radius 1 is 1.16 bits per heavy atom. The second kappa shape index (κ2) is 8.60. The van der Waals surface area contributed by atoms with Crippen molar-refractivity contribution >= 4 is 23.1 Å². The highest BCUT2D eigenvalue weighted by Crippen LogP contribution is 2.40. The fourth-order valence-electron chi connectivity index (χ4n) is 4.07. The van der Waals surface area contributed by atoms with E-state index in [-0.39, 0.29) is 23.3 Å². The van der Waals surface area contributed by atoms with Crippen LogP contribution in [0.25, 0.3) is 16.7 Å². The van der Waals surface area contributed by atoms with Crippen molar-refractivity contribution in [3.63, 3.8) is 0 Å². The number of anilines is 1. The molecule has 2 aromatic carbocycles. The van der Waals surface area contributed by atoms with Crippen LogP contribution in [0.1, 0.15) is 25.3 Å². The molecule has 158 valence electrons. The quantitative estimate of drug-likeness (QED) is 0.577. The maximum atomic E-state index is 13.8. The van der Waals surface area contributed by atoms with Gasteiger partial charge in [-0.05, 0) is 55.2 Å². The van der Waals surface area contributed by atoms with Gasteiger partial charge in [0.25, 0.3) is 11.8 Å². The third-order valence-electron chi connectivity index (χ3n) is 5.53. The van der Waals surface area contributed by atoms with E-state index in [2.05, 4.69) is 5.32 Å². The number of amides is 2. The largest absolute Gasteiger partial charge is 0.398 e. The average Bonchev–Trinajstić information content (AvgIpc) is 3.40. The van der Waals surface area contributed by atoms with Gasteiger partial charge in [-0.1, -0.05) is 36.4 Å². The maximum Gasteiger partial charge on any atom is 0.256 e. The first-order valence-electron chi connectivity index (χ1n) is 10.3. The zero-order valence-corrected chi connectivity index (χ0v) is 17.3. The van der Waals surface area contributed by atoms with E-state index in [0.717, 1.165) is 12.8 Å². The van der Waals surface area contributed by atoms with Crippen LogP contribution in [0.15, 0.2) is 72.0 Å². The summed E-state index contributed by atoms with van der Waals surface area (Å²) in [5, 5.41) is 2.84. The van der Waals surface area contributed by atoms with Crippen LogP contribution in [-0.4, -0.2) is 29.8 Å². The molecule has 2 heterocycles. The third-order valence-corrected chi connectivity index (χ3v) is 5.53. The molecular formula is C25H24FN3O2. The molecule has 0 radical (unpaired) electrons. The highest BCUT2D eigenvalue weighted by molar-refractivity contribution is 6.33. The van der Waals surface area contributed by atoms with Gasteiger partial charge in [0, 0.05) is 30.0 Å². The van der Waals surface area contributed by atoms with Crippen LogP contribution < -0.4 is 11.1 Å². The molecule has 2 amide bonds. The smallest absolute Gasteiger partial charge is 0.256 e. The lowest BCUT2D eigenvalue weighted by Gasteiger charge is -2.17. The van der Waals surface area contributed by atoms with Gasteiger partial charge in [0.2, 0.25) is 0 Å². The number of nitrogens with one attached hydrogen (secondary N) is 1. The molecule has 0 unspecified atom stereocenters. The molecule has 0 aliphatic carbocycles. The molecule has 0 spiro atoms. The topological polar surface area (TPSA) is 75.4 Å². The van der Waals surface area contributed by atoms with E-state index in [0.29, 0.717) is 46.6 Å². The SMILES string of the molecule is C/C=C/C(C(=O)N1CCCC1)=C(N)/C=C1\C(=O)Nc2cccc(-c3cccc(F)c3)c21. The normalized spacial score (nSPS) is 17.8. The number of likely N-dealkylation sites (tertiary alicyclic amines) is 1. The van der Waals surface area contributed by atoms with E-state index in [1.165, 1.54) is 12.1 Å². The molecule has 5 nitrogen and oxygen atoms in total. The maximum absolute atomic E-state index is 13.8. The second-order valence-electron chi connectivity index (χ2n) is 7.62. The minimum Gasteiger partial charge on any atom is -0.398 e. The summed E-state index contributed by atoms with van der Waals surface area (Å²) in [6, 6.07) is 11.7. The minimum atomic E-state index is -0.357. The van der Waals surface area contributed by atoms with Gasteiger partial charge in [-0.15, -0.1) is 0 Å². The first-order valence-corrected chi connectivity index (χ1v) is 10.3. The van der Waals surface area contributed by atoms with Crippen LogP contribution in [-0.2, 0) is 9.59 Å². The van der Waals surface area contributed by atoms with Crippen molar-refractivity contribution in [1.29, 1.82) is 0 Å². The standard InChI is InChI=1S/C25H24FN3O2/c1-2-7-19(25(31)29-12-3-4-13-29)21(27)15-20-23-18(16-8-5-9-17(26)14-16)10-6-11-22(23)28-24(20)30/h2,5-11,14-15H,3-4,12-13,27H2,1H3,(H,28,30)/b7-2+,20-15-,21-19+. The molecule has 0 saturated carbocycles. The van der Waals surface area contributed by atoms with Gasteiger partial charge in [-0.25, -0.2) is 4.39 Å². The molecule has 2 aliphatic heterocycles. The molecular weight excluding hydrogens is 393 g/mol. The predicted molar refractivity (Wildman–Crippen MR) is 120 cm³/mol. The number of allylic oxidation sites excluding steroid dienone is 2. The van der Waals surface area contributed by atoms with Crippen LogP contribution >= 0.6 is 0 Å². The fourth-order valence-corrected chi connectivity index (χ4v) is 4.07. The molecule has 0 bridgehead atoms. The molecule has 0 atom stereocenters. The van der Waals surface area contributed by atoms with Gasteiger partial charge in [-0.3, -0.25) is 9.59 Å². The summed E-state index contributed by atoms with van der Waals surface area (Å²) in [6.07, 6.45) is 6.94. The Kier molecular flexibility index (Phi) is 5.71. The number of nitrogens with two attached hydrogens (primary N) is 1. The molecule has 2 aromatic rings. The van der Waals surface area contributed by atoms with Crippen molar-refractivity contribution in [2.45, 2.75) is 19.8 Å². The number of carbonyl (C=O) groups excluding carboxylic acids is 2. The van der Waals surface area contributed by atoms with Crippen LogP contribution in [0.5, 0.6) is 0 Å². The third kappa shape index (κ3) is 4.01. The molecule has 0 aromatic heterocycles. The van der Waals surface area contributed by atoms with E-state index in [9.17, 15) is 14.0 Å². The Labute approximate surface area is 180 Å². The Morgan fingerprint density at radius 2 is 1.90 bits per heavy atom. The highest BCUT2D eigenvalue weighted by Gasteiger charge is 2.28. The number of carbonyl (C=O) groups is 2.